The zero-order valence-electron chi connectivity index (χ0n) is 14.1. The smallest absolute Gasteiger partial charge is 0.264 e. The summed E-state index contributed by atoms with van der Waals surface area (Å²) in [5.74, 6) is -1.37. The third-order valence-electron chi connectivity index (χ3n) is 3.15. The summed E-state index contributed by atoms with van der Waals surface area (Å²) in [6.45, 7) is 2.46. The van der Waals surface area contributed by atoms with Crippen molar-refractivity contribution in [2.24, 2.45) is 0 Å². The first-order valence-electron chi connectivity index (χ1n) is 7.50. The monoisotopic (exact) mass is 375 g/mol. The van der Waals surface area contributed by atoms with Crippen LogP contribution in [-0.2, 0) is 19.6 Å². The number of carbonyl (C=O) groups is 3. The highest BCUT2D eigenvalue weighted by atomic mass is 32.2. The van der Waals surface area contributed by atoms with Crippen LogP contribution in [0.5, 0.6) is 0 Å². The molecule has 0 aliphatic carbocycles. The first kappa shape index (κ1) is 19.1. The predicted octanol–water partition coefficient (Wildman–Crippen LogP) is 1.72. The van der Waals surface area contributed by atoms with E-state index in [1.165, 1.54) is 37.3 Å². The molecule has 2 aromatic rings. The number of amides is 3. The Labute approximate surface area is 150 Å². The number of hydrogen-bond donors (Lipinski definition) is 3. The second-order valence-corrected chi connectivity index (χ2v) is 7.08. The second-order valence-electron chi connectivity index (χ2n) is 5.40. The highest BCUT2D eigenvalue weighted by Crippen LogP contribution is 2.16. The van der Waals surface area contributed by atoms with Gasteiger partial charge in [0, 0.05) is 30.8 Å². The van der Waals surface area contributed by atoms with Crippen LogP contribution in [0.1, 0.15) is 24.2 Å². The lowest BCUT2D eigenvalue weighted by atomic mass is 10.2. The fourth-order valence-electron chi connectivity index (χ4n) is 2.11. The zero-order chi connectivity index (χ0) is 19.3. The standard InChI is InChI=1S/C17H17N3O5S/c1-11(21)18-15-5-3-4-13(10-15)17(23)19-14-6-8-16(9-7-14)26(24,25)20-12(2)22/h3-10H,1-2H3,(H,18,21)(H,19,23)(H,20,22). The van der Waals surface area contributed by atoms with Gasteiger partial charge in [-0.2, -0.15) is 0 Å². The van der Waals surface area contributed by atoms with Crippen LogP contribution in [0, 0.1) is 0 Å². The molecule has 0 atom stereocenters. The maximum absolute atomic E-state index is 12.3. The van der Waals surface area contributed by atoms with Gasteiger partial charge < -0.3 is 10.6 Å². The van der Waals surface area contributed by atoms with E-state index in [0.717, 1.165) is 6.92 Å². The molecular weight excluding hydrogens is 358 g/mol. The van der Waals surface area contributed by atoms with Crippen molar-refractivity contribution < 1.29 is 22.8 Å². The highest BCUT2D eigenvalue weighted by molar-refractivity contribution is 7.90. The molecule has 0 aromatic heterocycles. The van der Waals surface area contributed by atoms with Crippen molar-refractivity contribution in [2.45, 2.75) is 18.7 Å². The maximum atomic E-state index is 12.3. The first-order chi connectivity index (χ1) is 12.2. The molecule has 0 heterocycles. The first-order valence-corrected chi connectivity index (χ1v) is 8.98. The molecule has 8 nitrogen and oxygen atoms in total. The molecular formula is C17H17N3O5S. The van der Waals surface area contributed by atoms with E-state index in [-0.39, 0.29) is 10.8 Å². The Morgan fingerprint density at radius 2 is 1.46 bits per heavy atom. The van der Waals surface area contributed by atoms with Gasteiger partial charge in [0.15, 0.2) is 0 Å². The Kier molecular flexibility index (Phi) is 5.73. The third-order valence-corrected chi connectivity index (χ3v) is 4.59. The van der Waals surface area contributed by atoms with Gasteiger partial charge in [0.2, 0.25) is 11.8 Å². The predicted molar refractivity (Wildman–Crippen MR) is 96.1 cm³/mol. The molecule has 0 radical (unpaired) electrons. The molecule has 0 saturated carbocycles. The third kappa shape index (κ3) is 5.15. The number of sulfonamides is 1. The summed E-state index contributed by atoms with van der Waals surface area (Å²) in [5, 5.41) is 5.21. The van der Waals surface area contributed by atoms with Gasteiger partial charge in [0.05, 0.1) is 4.90 Å². The van der Waals surface area contributed by atoms with E-state index in [2.05, 4.69) is 10.6 Å². The van der Waals surface area contributed by atoms with Crippen LogP contribution in [0.15, 0.2) is 53.4 Å². The van der Waals surface area contributed by atoms with E-state index in [1.807, 2.05) is 4.72 Å². The van der Waals surface area contributed by atoms with Crippen LogP contribution in [-0.4, -0.2) is 26.1 Å². The molecule has 0 unspecified atom stereocenters. The van der Waals surface area contributed by atoms with Gasteiger partial charge in [0.1, 0.15) is 0 Å². The van der Waals surface area contributed by atoms with Gasteiger partial charge in [-0.1, -0.05) is 6.07 Å². The number of carbonyl (C=O) groups excluding carboxylic acids is 3. The molecule has 0 aliphatic rings. The van der Waals surface area contributed by atoms with Gasteiger partial charge in [-0.15, -0.1) is 0 Å². The molecule has 0 saturated heterocycles. The number of anilines is 2. The Balaban J connectivity index is 2.13. The normalized spacial score (nSPS) is 10.7. The number of hydrogen-bond acceptors (Lipinski definition) is 5. The lowest BCUT2D eigenvalue weighted by Gasteiger charge is -2.09. The molecule has 2 rings (SSSR count). The topological polar surface area (TPSA) is 121 Å². The summed E-state index contributed by atoms with van der Waals surface area (Å²) in [6, 6.07) is 11.7. The van der Waals surface area contributed by atoms with Crippen molar-refractivity contribution in [1.82, 2.24) is 4.72 Å². The SMILES string of the molecule is CC(=O)Nc1cccc(C(=O)Nc2ccc(S(=O)(=O)NC(C)=O)cc2)c1. The lowest BCUT2D eigenvalue weighted by molar-refractivity contribution is -0.117. The number of benzene rings is 2. The van der Waals surface area contributed by atoms with E-state index < -0.39 is 21.8 Å². The van der Waals surface area contributed by atoms with Gasteiger partial charge in [-0.3, -0.25) is 14.4 Å². The van der Waals surface area contributed by atoms with E-state index in [1.54, 1.807) is 18.2 Å². The second kappa shape index (κ2) is 7.79. The fraction of sp³-hybridized carbons (Fsp3) is 0.118. The quantitative estimate of drug-likeness (QED) is 0.735. The molecule has 3 N–H and O–H groups in total. The summed E-state index contributed by atoms with van der Waals surface area (Å²) in [7, 11) is -3.93. The van der Waals surface area contributed by atoms with Crippen molar-refractivity contribution in [2.75, 3.05) is 10.6 Å². The van der Waals surface area contributed by atoms with Crippen molar-refractivity contribution in [3.63, 3.8) is 0 Å². The van der Waals surface area contributed by atoms with Crippen molar-refractivity contribution in [3.05, 3.63) is 54.1 Å². The minimum Gasteiger partial charge on any atom is -0.326 e. The summed E-state index contributed by atoms with van der Waals surface area (Å²) in [6.07, 6.45) is 0. The van der Waals surface area contributed by atoms with Gasteiger partial charge in [0.25, 0.3) is 15.9 Å². The van der Waals surface area contributed by atoms with Gasteiger partial charge >= 0.3 is 0 Å². The molecule has 0 fully saturated rings. The molecule has 9 heteroatoms. The molecule has 0 spiro atoms. The molecule has 136 valence electrons. The molecule has 0 aliphatic heterocycles. The average Bonchev–Trinajstić information content (AvgIpc) is 2.54. The molecule has 0 bridgehead atoms. The zero-order valence-corrected chi connectivity index (χ0v) is 14.9. The fourth-order valence-corrected chi connectivity index (χ4v) is 3.10. The minimum absolute atomic E-state index is 0.0987. The number of nitrogens with one attached hydrogen (secondary N) is 3. The summed E-state index contributed by atoms with van der Waals surface area (Å²) in [4.78, 5) is 34.2. The molecule has 2 aromatic carbocycles. The minimum atomic E-state index is -3.93. The average molecular weight is 375 g/mol. The highest BCUT2D eigenvalue weighted by Gasteiger charge is 2.15. The van der Waals surface area contributed by atoms with Gasteiger partial charge in [-0.05, 0) is 42.5 Å². The van der Waals surface area contributed by atoms with Crippen molar-refractivity contribution in [1.29, 1.82) is 0 Å². The van der Waals surface area contributed by atoms with Crippen LogP contribution in [0.2, 0.25) is 0 Å². The lowest BCUT2D eigenvalue weighted by Crippen LogP contribution is -2.28. The van der Waals surface area contributed by atoms with Gasteiger partial charge in [-0.25, -0.2) is 13.1 Å². The Morgan fingerprint density at radius 3 is 2.04 bits per heavy atom. The van der Waals surface area contributed by atoms with Crippen LogP contribution < -0.4 is 15.4 Å². The maximum Gasteiger partial charge on any atom is 0.264 e. The van der Waals surface area contributed by atoms with Crippen LogP contribution in [0.3, 0.4) is 0 Å². The van der Waals surface area contributed by atoms with Crippen LogP contribution in [0.4, 0.5) is 11.4 Å². The molecule has 26 heavy (non-hydrogen) atoms. The van der Waals surface area contributed by atoms with E-state index in [9.17, 15) is 22.8 Å². The molecule has 3 amide bonds. The van der Waals surface area contributed by atoms with E-state index in [0.29, 0.717) is 16.9 Å². The summed E-state index contributed by atoms with van der Waals surface area (Å²) < 4.78 is 25.6. The van der Waals surface area contributed by atoms with Crippen LogP contribution in [0.25, 0.3) is 0 Å². The summed E-state index contributed by atoms with van der Waals surface area (Å²) >= 11 is 0. The number of rotatable bonds is 5. The Hall–Kier alpha value is -3.20. The Morgan fingerprint density at radius 1 is 0.808 bits per heavy atom. The summed E-state index contributed by atoms with van der Waals surface area (Å²) in [5.41, 5.74) is 1.19. The van der Waals surface area contributed by atoms with E-state index in [4.69, 9.17) is 0 Å². The van der Waals surface area contributed by atoms with E-state index >= 15 is 0 Å². The Bertz CT molecular complexity index is 953. The largest absolute Gasteiger partial charge is 0.326 e. The van der Waals surface area contributed by atoms with Crippen LogP contribution >= 0.6 is 0 Å². The van der Waals surface area contributed by atoms with Crippen molar-refractivity contribution in [3.8, 4) is 0 Å². The van der Waals surface area contributed by atoms with Crippen molar-refractivity contribution >= 4 is 39.1 Å².